The molecule has 1 aliphatic heterocycles. The highest BCUT2D eigenvalue weighted by Gasteiger charge is 2.57. The number of rotatable bonds is 5. The third-order valence-corrected chi connectivity index (χ3v) is 7.31. The van der Waals surface area contributed by atoms with E-state index in [1.54, 1.807) is 0 Å². The molecule has 132 valence electrons. The van der Waals surface area contributed by atoms with Crippen LogP contribution in [-0.2, 0) is 9.53 Å². The van der Waals surface area contributed by atoms with Gasteiger partial charge in [0.15, 0.2) is 0 Å². The van der Waals surface area contributed by atoms with Crippen molar-refractivity contribution in [2.24, 2.45) is 5.41 Å². The largest absolute Gasteiger partial charge is 0.378 e. The van der Waals surface area contributed by atoms with Crippen LogP contribution in [0.25, 0.3) is 0 Å². The maximum Gasteiger partial charge on any atom is 0.224 e. The highest BCUT2D eigenvalue weighted by Crippen LogP contribution is 2.55. The van der Waals surface area contributed by atoms with Crippen LogP contribution in [0.5, 0.6) is 0 Å². The van der Waals surface area contributed by atoms with Crippen molar-refractivity contribution in [1.29, 1.82) is 0 Å². The third kappa shape index (κ3) is 3.57. The second kappa shape index (κ2) is 7.75. The molecule has 3 aliphatic rings. The lowest BCUT2D eigenvalue weighted by Crippen LogP contribution is -2.65. The Bertz CT molecular complexity index is 406. The lowest BCUT2D eigenvalue weighted by Gasteiger charge is -2.60. The topological polar surface area (TPSA) is 41.6 Å². The lowest BCUT2D eigenvalue weighted by molar-refractivity contribution is -0.185. The smallest absolute Gasteiger partial charge is 0.224 e. The molecule has 0 radical (unpaired) electrons. The Labute approximate surface area is 145 Å². The molecular weight excluding hydrogens is 308 g/mol. The molecule has 1 N–H and O–H groups in total. The highest BCUT2D eigenvalue weighted by molar-refractivity contribution is 7.99. The Kier molecular flexibility index (Phi) is 5.92. The van der Waals surface area contributed by atoms with Gasteiger partial charge < -0.3 is 15.0 Å². The van der Waals surface area contributed by atoms with Crippen molar-refractivity contribution in [2.45, 2.75) is 70.1 Å². The summed E-state index contributed by atoms with van der Waals surface area (Å²) in [6.07, 6.45) is 8.45. The average molecular weight is 341 g/mol. The molecule has 1 spiro atoms. The predicted molar refractivity (Wildman–Crippen MR) is 95.8 cm³/mol. The standard InChI is InChI=1S/C18H32N2O2S/c1-3-22-16-12-15(18(16)7-5-4-6-8-18)20(2)17(21)11-14-13-23-10-9-19-14/h14-16,19H,3-13H2,1-2H3. The monoisotopic (exact) mass is 340 g/mol. The maximum absolute atomic E-state index is 12.8. The Hall–Kier alpha value is -0.260. The van der Waals surface area contributed by atoms with Gasteiger partial charge in [0.05, 0.1) is 6.10 Å². The van der Waals surface area contributed by atoms with Crippen LogP contribution in [0.15, 0.2) is 0 Å². The first-order chi connectivity index (χ1) is 11.2. The molecule has 0 bridgehead atoms. The second-order valence-corrected chi connectivity index (χ2v) is 8.57. The van der Waals surface area contributed by atoms with Crippen LogP contribution < -0.4 is 5.32 Å². The minimum Gasteiger partial charge on any atom is -0.378 e. The molecule has 2 saturated carbocycles. The molecule has 3 atom stereocenters. The third-order valence-electron chi connectivity index (χ3n) is 6.17. The number of carbonyl (C=O) groups excluding carboxylic acids is 1. The zero-order chi connectivity index (χ0) is 16.3. The van der Waals surface area contributed by atoms with Crippen LogP contribution in [0.4, 0.5) is 0 Å². The normalized spacial score (nSPS) is 33.2. The van der Waals surface area contributed by atoms with Crippen molar-refractivity contribution in [3.63, 3.8) is 0 Å². The summed E-state index contributed by atoms with van der Waals surface area (Å²) in [4.78, 5) is 14.8. The summed E-state index contributed by atoms with van der Waals surface area (Å²) < 4.78 is 6.03. The fourth-order valence-electron chi connectivity index (χ4n) is 4.85. The van der Waals surface area contributed by atoms with E-state index in [1.165, 1.54) is 37.9 Å². The van der Waals surface area contributed by atoms with Gasteiger partial charge in [-0.1, -0.05) is 19.3 Å². The number of ether oxygens (including phenoxy) is 1. The van der Waals surface area contributed by atoms with Crippen LogP contribution in [-0.4, -0.2) is 60.7 Å². The second-order valence-electron chi connectivity index (χ2n) is 7.42. The van der Waals surface area contributed by atoms with Crippen LogP contribution in [0.1, 0.15) is 51.9 Å². The SMILES string of the molecule is CCOC1CC(N(C)C(=O)CC2CSCCN2)C12CCCCC2. The first-order valence-electron chi connectivity index (χ1n) is 9.36. The summed E-state index contributed by atoms with van der Waals surface area (Å²) in [5, 5.41) is 3.49. The van der Waals surface area contributed by atoms with Gasteiger partial charge in [0, 0.05) is 55.6 Å². The van der Waals surface area contributed by atoms with Gasteiger partial charge in [0.25, 0.3) is 0 Å². The molecule has 2 aliphatic carbocycles. The number of hydrogen-bond donors (Lipinski definition) is 1. The van der Waals surface area contributed by atoms with Gasteiger partial charge in [0.1, 0.15) is 0 Å². The van der Waals surface area contributed by atoms with E-state index in [-0.39, 0.29) is 5.41 Å². The highest BCUT2D eigenvalue weighted by atomic mass is 32.2. The minimum atomic E-state index is 0.243. The molecule has 4 nitrogen and oxygen atoms in total. The van der Waals surface area contributed by atoms with E-state index >= 15 is 0 Å². The summed E-state index contributed by atoms with van der Waals surface area (Å²) in [5.41, 5.74) is 0.243. The molecule has 3 rings (SSSR count). The molecule has 5 heteroatoms. The first kappa shape index (κ1) is 17.6. The fourth-order valence-corrected chi connectivity index (χ4v) is 5.80. The molecule has 3 unspecified atom stereocenters. The number of carbonyl (C=O) groups is 1. The summed E-state index contributed by atoms with van der Waals surface area (Å²) in [6.45, 7) is 3.91. The van der Waals surface area contributed by atoms with Crippen LogP contribution in [0.3, 0.4) is 0 Å². The predicted octanol–water partition coefficient (Wildman–Crippen LogP) is 2.67. The number of amides is 1. The van der Waals surface area contributed by atoms with E-state index in [4.69, 9.17) is 4.74 Å². The van der Waals surface area contributed by atoms with Crippen LogP contribution in [0.2, 0.25) is 0 Å². The minimum absolute atomic E-state index is 0.243. The van der Waals surface area contributed by atoms with E-state index in [0.29, 0.717) is 30.5 Å². The molecule has 3 fully saturated rings. The molecule has 1 heterocycles. The molecular formula is C18H32N2O2S. The molecule has 0 aromatic rings. The van der Waals surface area contributed by atoms with Crippen molar-refractivity contribution in [1.82, 2.24) is 10.2 Å². The fraction of sp³-hybridized carbons (Fsp3) is 0.944. The molecule has 1 amide bonds. The van der Waals surface area contributed by atoms with Gasteiger partial charge in [-0.05, 0) is 26.2 Å². The zero-order valence-corrected chi connectivity index (χ0v) is 15.5. The van der Waals surface area contributed by atoms with E-state index in [0.717, 1.165) is 25.3 Å². The zero-order valence-electron chi connectivity index (χ0n) is 14.7. The quantitative estimate of drug-likeness (QED) is 0.835. The maximum atomic E-state index is 12.8. The van der Waals surface area contributed by atoms with Crippen molar-refractivity contribution in [3.8, 4) is 0 Å². The summed E-state index contributed by atoms with van der Waals surface area (Å²) in [5.74, 6) is 2.55. The number of nitrogens with zero attached hydrogens (tertiary/aromatic N) is 1. The number of thioether (sulfide) groups is 1. The molecule has 0 aromatic carbocycles. The van der Waals surface area contributed by atoms with Gasteiger partial charge in [0.2, 0.25) is 5.91 Å². The van der Waals surface area contributed by atoms with Crippen LogP contribution in [0, 0.1) is 5.41 Å². The Morgan fingerprint density at radius 3 is 2.78 bits per heavy atom. The van der Waals surface area contributed by atoms with Gasteiger partial charge in [-0.3, -0.25) is 4.79 Å². The van der Waals surface area contributed by atoms with Crippen LogP contribution >= 0.6 is 11.8 Å². The van der Waals surface area contributed by atoms with E-state index < -0.39 is 0 Å². The Morgan fingerprint density at radius 2 is 2.13 bits per heavy atom. The Balaban J connectivity index is 1.61. The van der Waals surface area contributed by atoms with Crippen molar-refractivity contribution >= 4 is 17.7 Å². The van der Waals surface area contributed by atoms with E-state index in [1.807, 2.05) is 18.8 Å². The van der Waals surface area contributed by atoms with Gasteiger partial charge >= 0.3 is 0 Å². The van der Waals surface area contributed by atoms with Crippen molar-refractivity contribution in [2.75, 3.05) is 31.7 Å². The van der Waals surface area contributed by atoms with Gasteiger partial charge in [-0.25, -0.2) is 0 Å². The van der Waals surface area contributed by atoms with Crippen molar-refractivity contribution in [3.05, 3.63) is 0 Å². The molecule has 1 saturated heterocycles. The van der Waals surface area contributed by atoms with Gasteiger partial charge in [-0.2, -0.15) is 11.8 Å². The first-order valence-corrected chi connectivity index (χ1v) is 10.5. The van der Waals surface area contributed by atoms with Gasteiger partial charge in [-0.15, -0.1) is 0 Å². The number of hydrogen-bond acceptors (Lipinski definition) is 4. The summed E-state index contributed by atoms with van der Waals surface area (Å²) in [7, 11) is 2.03. The molecule has 23 heavy (non-hydrogen) atoms. The molecule has 0 aromatic heterocycles. The van der Waals surface area contributed by atoms with E-state index in [9.17, 15) is 4.79 Å². The average Bonchev–Trinajstić information content (AvgIpc) is 2.59. The Morgan fingerprint density at radius 1 is 1.35 bits per heavy atom. The summed E-state index contributed by atoms with van der Waals surface area (Å²) >= 11 is 1.96. The van der Waals surface area contributed by atoms with E-state index in [2.05, 4.69) is 17.1 Å². The summed E-state index contributed by atoms with van der Waals surface area (Å²) in [6, 6.07) is 0.747. The lowest BCUT2D eigenvalue weighted by atomic mass is 9.54. The van der Waals surface area contributed by atoms with Crippen molar-refractivity contribution < 1.29 is 9.53 Å². The number of nitrogens with one attached hydrogen (secondary N) is 1.